The molecule has 0 saturated carbocycles. The van der Waals surface area contributed by atoms with Gasteiger partial charge in [-0.1, -0.05) is 42.5 Å². The van der Waals surface area contributed by atoms with E-state index in [1.807, 2.05) is 66.9 Å². The summed E-state index contributed by atoms with van der Waals surface area (Å²) in [7, 11) is 0. The topological polar surface area (TPSA) is 86.5 Å². The van der Waals surface area contributed by atoms with Crippen molar-refractivity contribution >= 4 is 17.5 Å². The Kier molecular flexibility index (Phi) is 5.40. The molecular formula is C23H18N6. The van der Waals surface area contributed by atoms with Crippen LogP contribution < -0.4 is 10.6 Å². The van der Waals surface area contributed by atoms with Crippen molar-refractivity contribution in [1.82, 2.24) is 15.0 Å². The van der Waals surface area contributed by atoms with E-state index in [4.69, 9.17) is 5.26 Å². The second-order valence-corrected chi connectivity index (χ2v) is 6.36. The van der Waals surface area contributed by atoms with Gasteiger partial charge in [0, 0.05) is 36.3 Å². The maximum atomic E-state index is 9.12. The summed E-state index contributed by atoms with van der Waals surface area (Å²) in [5.41, 5.74) is 4.18. The number of hydrogen-bond acceptors (Lipinski definition) is 6. The third kappa shape index (κ3) is 4.73. The Labute approximate surface area is 168 Å². The molecule has 0 bridgehead atoms. The monoisotopic (exact) mass is 378 g/mol. The van der Waals surface area contributed by atoms with E-state index in [1.54, 1.807) is 18.3 Å². The minimum absolute atomic E-state index is 0.454. The lowest BCUT2D eigenvalue weighted by Crippen LogP contribution is -2.06. The number of nitrogens with zero attached hydrogens (tertiary/aromatic N) is 4. The summed E-state index contributed by atoms with van der Waals surface area (Å²) < 4.78 is 0. The summed E-state index contributed by atoms with van der Waals surface area (Å²) in [4.78, 5) is 13.4. The highest BCUT2D eigenvalue weighted by Crippen LogP contribution is 2.23. The lowest BCUT2D eigenvalue weighted by molar-refractivity contribution is 1.07. The van der Waals surface area contributed by atoms with Gasteiger partial charge >= 0.3 is 0 Å². The van der Waals surface area contributed by atoms with Crippen LogP contribution in [-0.4, -0.2) is 15.0 Å². The minimum atomic E-state index is 0.454. The number of anilines is 3. The first-order valence-electron chi connectivity index (χ1n) is 9.14. The van der Waals surface area contributed by atoms with Crippen LogP contribution in [0.1, 0.15) is 11.1 Å². The van der Waals surface area contributed by atoms with Gasteiger partial charge in [-0.25, -0.2) is 4.98 Å². The molecule has 0 saturated heterocycles. The van der Waals surface area contributed by atoms with Crippen LogP contribution in [0.3, 0.4) is 0 Å². The summed E-state index contributed by atoms with van der Waals surface area (Å²) in [5.74, 6) is 1.15. The third-order valence-corrected chi connectivity index (χ3v) is 4.24. The summed E-state index contributed by atoms with van der Waals surface area (Å²) in [6.07, 6.45) is 3.57. The second kappa shape index (κ2) is 8.63. The standard InChI is InChI=1S/C23H18N6/c24-14-17-6-4-10-20(12-17)27-23-28-21(19-8-2-1-3-9-19)13-22(29-23)26-16-18-7-5-11-25-15-18/h1-13,15H,16H2,(H2,26,27,28,29). The van der Waals surface area contributed by atoms with Gasteiger partial charge in [-0.2, -0.15) is 10.2 Å². The molecule has 0 amide bonds. The van der Waals surface area contributed by atoms with E-state index >= 15 is 0 Å². The van der Waals surface area contributed by atoms with Crippen LogP contribution in [-0.2, 0) is 6.54 Å². The zero-order chi connectivity index (χ0) is 19.9. The lowest BCUT2D eigenvalue weighted by atomic mass is 10.1. The van der Waals surface area contributed by atoms with Crippen molar-refractivity contribution in [2.75, 3.05) is 10.6 Å². The zero-order valence-corrected chi connectivity index (χ0v) is 15.6. The van der Waals surface area contributed by atoms with E-state index in [1.165, 1.54) is 0 Å². The summed E-state index contributed by atoms with van der Waals surface area (Å²) in [6.45, 7) is 0.600. The molecule has 0 aliphatic carbocycles. The predicted molar refractivity (Wildman–Crippen MR) is 113 cm³/mol. The zero-order valence-electron chi connectivity index (χ0n) is 15.6. The van der Waals surface area contributed by atoms with Crippen molar-refractivity contribution < 1.29 is 0 Å². The van der Waals surface area contributed by atoms with Crippen molar-refractivity contribution in [3.63, 3.8) is 0 Å². The number of pyridine rings is 1. The Morgan fingerprint density at radius 1 is 0.897 bits per heavy atom. The number of benzene rings is 2. The molecule has 0 radical (unpaired) electrons. The van der Waals surface area contributed by atoms with E-state index in [9.17, 15) is 0 Å². The van der Waals surface area contributed by atoms with Gasteiger partial charge in [0.2, 0.25) is 5.95 Å². The van der Waals surface area contributed by atoms with Crippen molar-refractivity contribution in [1.29, 1.82) is 5.26 Å². The Bertz CT molecular complexity index is 1140. The molecule has 0 spiro atoms. The molecule has 6 nitrogen and oxygen atoms in total. The Hall–Kier alpha value is -4.24. The fourth-order valence-electron chi connectivity index (χ4n) is 2.84. The summed E-state index contributed by atoms with van der Waals surface area (Å²) >= 11 is 0. The Balaban J connectivity index is 1.65. The van der Waals surface area contributed by atoms with Crippen molar-refractivity contribution in [2.24, 2.45) is 0 Å². The molecule has 4 rings (SSSR count). The molecule has 0 aliphatic rings. The molecule has 0 fully saturated rings. The average molecular weight is 378 g/mol. The molecule has 2 N–H and O–H groups in total. The molecule has 0 atom stereocenters. The smallest absolute Gasteiger partial charge is 0.229 e. The SMILES string of the molecule is N#Cc1cccc(Nc2nc(NCc3cccnc3)cc(-c3ccccc3)n2)c1. The van der Waals surface area contributed by atoms with Gasteiger partial charge in [0.15, 0.2) is 0 Å². The third-order valence-electron chi connectivity index (χ3n) is 4.24. The highest BCUT2D eigenvalue weighted by atomic mass is 15.1. The molecule has 29 heavy (non-hydrogen) atoms. The molecular weight excluding hydrogens is 360 g/mol. The van der Waals surface area contributed by atoms with Gasteiger partial charge in [0.25, 0.3) is 0 Å². The molecule has 0 aliphatic heterocycles. The van der Waals surface area contributed by atoms with Gasteiger partial charge in [0.05, 0.1) is 17.3 Å². The molecule has 2 aromatic carbocycles. The van der Waals surface area contributed by atoms with Crippen LogP contribution in [0.25, 0.3) is 11.3 Å². The van der Waals surface area contributed by atoms with Crippen LogP contribution >= 0.6 is 0 Å². The first-order chi connectivity index (χ1) is 14.3. The van der Waals surface area contributed by atoms with E-state index in [-0.39, 0.29) is 0 Å². The summed E-state index contributed by atoms with van der Waals surface area (Å²) in [6, 6.07) is 25.1. The van der Waals surface area contributed by atoms with Gasteiger partial charge in [-0.05, 0) is 29.8 Å². The van der Waals surface area contributed by atoms with Crippen LogP contribution in [0.5, 0.6) is 0 Å². The number of hydrogen-bond donors (Lipinski definition) is 2. The van der Waals surface area contributed by atoms with Crippen LogP contribution in [0.2, 0.25) is 0 Å². The van der Waals surface area contributed by atoms with Gasteiger partial charge < -0.3 is 10.6 Å². The first-order valence-corrected chi connectivity index (χ1v) is 9.14. The number of nitrogens with one attached hydrogen (secondary N) is 2. The van der Waals surface area contributed by atoms with Crippen LogP contribution in [0.15, 0.2) is 85.2 Å². The first kappa shape index (κ1) is 18.1. The quantitative estimate of drug-likeness (QED) is 0.503. The van der Waals surface area contributed by atoms with Gasteiger partial charge in [-0.15, -0.1) is 0 Å². The molecule has 0 unspecified atom stereocenters. The van der Waals surface area contributed by atoms with E-state index in [0.29, 0.717) is 23.9 Å². The fourth-order valence-corrected chi connectivity index (χ4v) is 2.84. The van der Waals surface area contributed by atoms with E-state index in [0.717, 1.165) is 22.5 Å². The average Bonchev–Trinajstić information content (AvgIpc) is 2.79. The number of nitriles is 1. The van der Waals surface area contributed by atoms with Gasteiger partial charge in [-0.3, -0.25) is 4.98 Å². The van der Waals surface area contributed by atoms with Crippen molar-refractivity contribution in [3.8, 4) is 17.3 Å². The van der Waals surface area contributed by atoms with Crippen molar-refractivity contribution in [3.05, 3.63) is 96.3 Å². The molecule has 4 aromatic rings. The lowest BCUT2D eigenvalue weighted by Gasteiger charge is -2.12. The molecule has 2 heterocycles. The van der Waals surface area contributed by atoms with Crippen LogP contribution in [0, 0.1) is 11.3 Å². The molecule has 140 valence electrons. The molecule has 6 heteroatoms. The second-order valence-electron chi connectivity index (χ2n) is 6.36. The van der Waals surface area contributed by atoms with E-state index < -0.39 is 0 Å². The largest absolute Gasteiger partial charge is 0.366 e. The minimum Gasteiger partial charge on any atom is -0.366 e. The normalized spacial score (nSPS) is 10.2. The highest BCUT2D eigenvalue weighted by Gasteiger charge is 2.08. The highest BCUT2D eigenvalue weighted by molar-refractivity contribution is 5.66. The summed E-state index contributed by atoms with van der Waals surface area (Å²) in [5, 5.41) is 15.7. The Morgan fingerprint density at radius 3 is 2.59 bits per heavy atom. The number of aromatic nitrogens is 3. The van der Waals surface area contributed by atoms with Gasteiger partial charge in [0.1, 0.15) is 5.82 Å². The van der Waals surface area contributed by atoms with E-state index in [2.05, 4.69) is 31.7 Å². The predicted octanol–water partition coefficient (Wildman–Crippen LogP) is 4.77. The molecule has 2 aromatic heterocycles. The maximum absolute atomic E-state index is 9.12. The van der Waals surface area contributed by atoms with Crippen molar-refractivity contribution in [2.45, 2.75) is 6.54 Å². The maximum Gasteiger partial charge on any atom is 0.229 e. The Morgan fingerprint density at radius 2 is 1.79 bits per heavy atom. The fraction of sp³-hybridized carbons (Fsp3) is 0.0435. The van der Waals surface area contributed by atoms with Crippen LogP contribution in [0.4, 0.5) is 17.5 Å². The number of rotatable bonds is 6.